The number of aromatic nitrogens is 2. The minimum atomic E-state index is -0.384. The van der Waals surface area contributed by atoms with Crippen LogP contribution in [0.1, 0.15) is 12.5 Å². The summed E-state index contributed by atoms with van der Waals surface area (Å²) in [6.45, 7) is 2.00. The average Bonchev–Trinajstić information content (AvgIpc) is 2.94. The minimum Gasteiger partial charge on any atom is -0.338 e. The fourth-order valence-electron chi connectivity index (χ4n) is 2.23. The lowest BCUT2D eigenvalue weighted by Crippen LogP contribution is -1.94. The van der Waals surface area contributed by atoms with Gasteiger partial charge in [-0.25, -0.2) is 9.37 Å². The Hall–Kier alpha value is -0.620. The van der Waals surface area contributed by atoms with E-state index in [0.29, 0.717) is 41.4 Å². The zero-order valence-electron chi connectivity index (χ0n) is 11.3. The number of H-pyrrole nitrogens is 1. The van der Waals surface area contributed by atoms with E-state index in [4.69, 9.17) is 23.2 Å². The lowest BCUT2D eigenvalue weighted by Gasteiger charge is -2.09. The van der Waals surface area contributed by atoms with Crippen molar-refractivity contribution in [1.82, 2.24) is 9.97 Å². The van der Waals surface area contributed by atoms with E-state index in [-0.39, 0.29) is 5.82 Å². The molecule has 0 amide bonds. The number of nitrogens with one attached hydrogen (secondary N) is 1. The van der Waals surface area contributed by atoms with Crippen molar-refractivity contribution in [2.24, 2.45) is 0 Å². The molecule has 7 heteroatoms. The van der Waals surface area contributed by atoms with Crippen molar-refractivity contribution in [3.05, 3.63) is 48.6 Å². The molecule has 0 aliphatic carbocycles. The summed E-state index contributed by atoms with van der Waals surface area (Å²) in [6, 6.07) is 5.23. The van der Waals surface area contributed by atoms with Crippen LogP contribution in [0.4, 0.5) is 4.39 Å². The molecule has 0 saturated carbocycles. The topological polar surface area (TPSA) is 28.7 Å². The standard InChI is InChI=1S/C15H9Br2Cl2FN2/c1-2-6-5-7(13(20)11(17)10(6)16)15-21-9-4-3-8(18)12(19)14(9)22-15/h3-5H,2H2,1H3,(H,21,22). The molecule has 0 radical (unpaired) electrons. The highest BCUT2D eigenvalue weighted by atomic mass is 79.9. The summed E-state index contributed by atoms with van der Waals surface area (Å²) in [5.41, 5.74) is 2.60. The van der Waals surface area contributed by atoms with Gasteiger partial charge in [-0.2, -0.15) is 0 Å². The van der Waals surface area contributed by atoms with Crippen LogP contribution < -0.4 is 0 Å². The van der Waals surface area contributed by atoms with E-state index in [2.05, 4.69) is 41.8 Å². The molecule has 3 rings (SSSR count). The van der Waals surface area contributed by atoms with Crippen molar-refractivity contribution >= 4 is 66.1 Å². The number of imidazole rings is 1. The number of fused-ring (bicyclic) bond motifs is 1. The lowest BCUT2D eigenvalue weighted by atomic mass is 10.1. The lowest BCUT2D eigenvalue weighted by molar-refractivity contribution is 0.621. The summed E-state index contributed by atoms with van der Waals surface area (Å²) in [4.78, 5) is 7.49. The van der Waals surface area contributed by atoms with Gasteiger partial charge in [-0.3, -0.25) is 0 Å². The van der Waals surface area contributed by atoms with Gasteiger partial charge in [0, 0.05) is 4.47 Å². The molecule has 2 aromatic carbocycles. The third-order valence-electron chi connectivity index (χ3n) is 3.40. The van der Waals surface area contributed by atoms with Gasteiger partial charge < -0.3 is 4.98 Å². The van der Waals surface area contributed by atoms with Crippen LogP contribution in [0.3, 0.4) is 0 Å². The fourth-order valence-corrected chi connectivity index (χ4v) is 3.63. The molecule has 0 saturated heterocycles. The minimum absolute atomic E-state index is 0.356. The maximum Gasteiger partial charge on any atom is 0.149 e. The Morgan fingerprint density at radius 1 is 1.23 bits per heavy atom. The highest BCUT2D eigenvalue weighted by Gasteiger charge is 2.19. The first kappa shape index (κ1) is 16.2. The smallest absolute Gasteiger partial charge is 0.149 e. The molecule has 0 bridgehead atoms. The van der Waals surface area contributed by atoms with Crippen LogP contribution in [0, 0.1) is 5.82 Å². The van der Waals surface area contributed by atoms with E-state index in [1.54, 1.807) is 18.2 Å². The number of halogens is 5. The molecular formula is C15H9Br2Cl2FN2. The number of hydrogen-bond donors (Lipinski definition) is 1. The van der Waals surface area contributed by atoms with Crippen molar-refractivity contribution in [2.75, 3.05) is 0 Å². The van der Waals surface area contributed by atoms with Crippen LogP contribution in [-0.2, 0) is 6.42 Å². The van der Waals surface area contributed by atoms with Crippen LogP contribution in [0.25, 0.3) is 22.4 Å². The van der Waals surface area contributed by atoms with Gasteiger partial charge in [0.1, 0.15) is 17.2 Å². The van der Waals surface area contributed by atoms with E-state index < -0.39 is 0 Å². The summed E-state index contributed by atoms with van der Waals surface area (Å²) in [5.74, 6) is 0.0323. The van der Waals surface area contributed by atoms with E-state index >= 15 is 0 Å². The number of benzene rings is 2. The molecule has 0 atom stereocenters. The first-order valence-corrected chi connectivity index (χ1v) is 8.78. The highest BCUT2D eigenvalue weighted by molar-refractivity contribution is 9.13. The van der Waals surface area contributed by atoms with E-state index in [9.17, 15) is 4.39 Å². The monoisotopic (exact) mass is 464 g/mol. The molecule has 0 aliphatic rings. The average molecular weight is 467 g/mol. The maximum atomic E-state index is 14.6. The van der Waals surface area contributed by atoms with Gasteiger partial charge in [0.05, 0.1) is 25.6 Å². The Balaban J connectivity index is 2.28. The fraction of sp³-hybridized carbons (Fsp3) is 0.133. The molecule has 1 N–H and O–H groups in total. The van der Waals surface area contributed by atoms with E-state index in [0.717, 1.165) is 12.0 Å². The normalized spacial score (nSPS) is 11.4. The molecule has 3 aromatic rings. The SMILES string of the molecule is CCc1cc(-c2nc3c(Cl)c(Cl)ccc3[nH]2)c(F)c(Br)c1Br. The molecule has 1 aromatic heterocycles. The summed E-state index contributed by atoms with van der Waals surface area (Å²) < 4.78 is 15.7. The van der Waals surface area contributed by atoms with Crippen molar-refractivity contribution in [2.45, 2.75) is 13.3 Å². The van der Waals surface area contributed by atoms with Gasteiger partial charge in [0.2, 0.25) is 0 Å². The van der Waals surface area contributed by atoms with Crippen molar-refractivity contribution in [3.8, 4) is 11.4 Å². The van der Waals surface area contributed by atoms with E-state index in [1.807, 2.05) is 6.92 Å². The van der Waals surface area contributed by atoms with Gasteiger partial charge in [0.15, 0.2) is 0 Å². The second-order valence-corrected chi connectivity index (χ2v) is 7.09. The zero-order valence-corrected chi connectivity index (χ0v) is 16.0. The number of nitrogens with zero attached hydrogens (tertiary/aromatic N) is 1. The molecule has 22 heavy (non-hydrogen) atoms. The van der Waals surface area contributed by atoms with Crippen LogP contribution >= 0.6 is 55.1 Å². The van der Waals surface area contributed by atoms with Crippen LogP contribution in [0.15, 0.2) is 27.1 Å². The zero-order chi connectivity index (χ0) is 16.0. The van der Waals surface area contributed by atoms with Crippen LogP contribution in [0.2, 0.25) is 10.0 Å². The molecule has 114 valence electrons. The highest BCUT2D eigenvalue weighted by Crippen LogP contribution is 2.37. The Bertz CT molecular complexity index is 893. The molecule has 1 heterocycles. The van der Waals surface area contributed by atoms with Crippen LogP contribution in [-0.4, -0.2) is 9.97 Å². The molecular weight excluding hydrogens is 458 g/mol. The van der Waals surface area contributed by atoms with Gasteiger partial charge in [-0.1, -0.05) is 30.1 Å². The first-order valence-electron chi connectivity index (χ1n) is 6.44. The Labute approximate surface area is 153 Å². The summed E-state index contributed by atoms with van der Waals surface area (Å²) in [6.07, 6.45) is 0.763. The molecule has 0 unspecified atom stereocenters. The third-order valence-corrected chi connectivity index (χ3v) is 6.38. The van der Waals surface area contributed by atoms with Crippen molar-refractivity contribution < 1.29 is 4.39 Å². The predicted octanol–water partition coefficient (Wildman–Crippen LogP) is 6.76. The Morgan fingerprint density at radius 3 is 2.64 bits per heavy atom. The van der Waals surface area contributed by atoms with Gasteiger partial charge in [0.25, 0.3) is 0 Å². The number of hydrogen-bond acceptors (Lipinski definition) is 1. The molecule has 0 spiro atoms. The largest absolute Gasteiger partial charge is 0.338 e. The van der Waals surface area contributed by atoms with Crippen molar-refractivity contribution in [3.63, 3.8) is 0 Å². The Morgan fingerprint density at radius 2 is 1.95 bits per heavy atom. The summed E-state index contributed by atoms with van der Waals surface area (Å²) in [5, 5.41) is 0.771. The van der Waals surface area contributed by atoms with Gasteiger partial charge >= 0.3 is 0 Å². The summed E-state index contributed by atoms with van der Waals surface area (Å²) in [7, 11) is 0. The number of aromatic amines is 1. The third kappa shape index (κ3) is 2.58. The predicted molar refractivity (Wildman–Crippen MR) is 96.3 cm³/mol. The van der Waals surface area contributed by atoms with Gasteiger partial charge in [-0.15, -0.1) is 0 Å². The maximum absolute atomic E-state index is 14.6. The molecule has 0 fully saturated rings. The second kappa shape index (κ2) is 6.11. The molecule has 2 nitrogen and oxygen atoms in total. The number of aryl methyl sites for hydroxylation is 1. The molecule has 0 aliphatic heterocycles. The number of rotatable bonds is 2. The quantitative estimate of drug-likeness (QED) is 0.415. The van der Waals surface area contributed by atoms with E-state index in [1.165, 1.54) is 0 Å². The van der Waals surface area contributed by atoms with Crippen LogP contribution in [0.5, 0.6) is 0 Å². The second-order valence-electron chi connectivity index (χ2n) is 4.72. The first-order chi connectivity index (χ1) is 10.4. The van der Waals surface area contributed by atoms with Gasteiger partial charge in [-0.05, 0) is 62.0 Å². The summed E-state index contributed by atoms with van der Waals surface area (Å²) >= 11 is 18.8. The Kier molecular flexibility index (Phi) is 4.52. The van der Waals surface area contributed by atoms with Crippen molar-refractivity contribution in [1.29, 1.82) is 0 Å².